The molecule has 0 unspecified atom stereocenters. The molecule has 0 aliphatic carbocycles. The summed E-state index contributed by atoms with van der Waals surface area (Å²) in [7, 11) is 1.70. The molecule has 0 saturated carbocycles. The van der Waals surface area contributed by atoms with E-state index >= 15 is 0 Å². The highest BCUT2D eigenvalue weighted by atomic mass is 16.5. The number of rotatable bonds is 5. The van der Waals surface area contributed by atoms with Gasteiger partial charge in [0.15, 0.2) is 6.10 Å². The minimum Gasteiger partial charge on any atom is -0.445 e. The Labute approximate surface area is 114 Å². The maximum atomic E-state index is 11.8. The SMILES string of the molecule is CCN(CC)CC#C[C@H](C)OC(=O)c1ccnn1C. The van der Waals surface area contributed by atoms with E-state index in [1.54, 1.807) is 26.2 Å². The van der Waals surface area contributed by atoms with Crippen molar-refractivity contribution in [3.05, 3.63) is 18.0 Å². The molecule has 0 radical (unpaired) electrons. The molecule has 0 saturated heterocycles. The van der Waals surface area contributed by atoms with Crippen molar-refractivity contribution in [1.82, 2.24) is 14.7 Å². The van der Waals surface area contributed by atoms with Crippen LogP contribution in [0, 0.1) is 11.8 Å². The second-order valence-corrected chi connectivity index (χ2v) is 4.17. The van der Waals surface area contributed by atoms with Gasteiger partial charge in [0.2, 0.25) is 0 Å². The third-order valence-corrected chi connectivity index (χ3v) is 2.82. The molecule has 19 heavy (non-hydrogen) atoms. The molecule has 0 amide bonds. The van der Waals surface area contributed by atoms with Crippen molar-refractivity contribution >= 4 is 5.97 Å². The van der Waals surface area contributed by atoms with Gasteiger partial charge in [-0.15, -0.1) is 0 Å². The van der Waals surface area contributed by atoms with E-state index in [2.05, 4.69) is 35.7 Å². The maximum Gasteiger partial charge on any atom is 0.357 e. The highest BCUT2D eigenvalue weighted by Gasteiger charge is 2.13. The van der Waals surface area contributed by atoms with Crippen LogP contribution in [0.25, 0.3) is 0 Å². The second kappa shape index (κ2) is 7.59. The van der Waals surface area contributed by atoms with Gasteiger partial charge in [-0.3, -0.25) is 9.58 Å². The molecule has 0 aromatic carbocycles. The lowest BCUT2D eigenvalue weighted by atomic mass is 10.3. The number of esters is 1. The number of hydrogen-bond donors (Lipinski definition) is 0. The summed E-state index contributed by atoms with van der Waals surface area (Å²) >= 11 is 0. The van der Waals surface area contributed by atoms with Crippen LogP contribution >= 0.6 is 0 Å². The molecule has 1 aromatic rings. The first kappa shape index (κ1) is 15.3. The lowest BCUT2D eigenvalue weighted by molar-refractivity contribution is 0.0425. The van der Waals surface area contributed by atoms with Crippen molar-refractivity contribution in [3.8, 4) is 11.8 Å². The molecule has 0 fully saturated rings. The fourth-order valence-electron chi connectivity index (χ4n) is 1.57. The topological polar surface area (TPSA) is 47.4 Å². The third-order valence-electron chi connectivity index (χ3n) is 2.82. The average Bonchev–Trinajstić information content (AvgIpc) is 2.81. The van der Waals surface area contributed by atoms with Gasteiger partial charge in [0.05, 0.1) is 6.54 Å². The monoisotopic (exact) mass is 263 g/mol. The molecule has 0 spiro atoms. The van der Waals surface area contributed by atoms with Crippen molar-refractivity contribution in [2.24, 2.45) is 7.05 Å². The van der Waals surface area contributed by atoms with Gasteiger partial charge in [0.25, 0.3) is 0 Å². The van der Waals surface area contributed by atoms with E-state index in [4.69, 9.17) is 4.74 Å². The van der Waals surface area contributed by atoms with E-state index in [1.165, 1.54) is 4.68 Å². The van der Waals surface area contributed by atoms with Crippen LogP contribution in [0.2, 0.25) is 0 Å². The van der Waals surface area contributed by atoms with Gasteiger partial charge in [0, 0.05) is 13.2 Å². The number of hydrogen-bond acceptors (Lipinski definition) is 4. The van der Waals surface area contributed by atoms with E-state index in [0.29, 0.717) is 12.2 Å². The van der Waals surface area contributed by atoms with Crippen molar-refractivity contribution < 1.29 is 9.53 Å². The third kappa shape index (κ3) is 4.76. The quantitative estimate of drug-likeness (QED) is 0.593. The first-order valence-corrected chi connectivity index (χ1v) is 6.48. The molecule has 1 heterocycles. The Kier molecular flexibility index (Phi) is 6.10. The number of aromatic nitrogens is 2. The fourth-order valence-corrected chi connectivity index (χ4v) is 1.57. The Morgan fingerprint density at radius 2 is 2.21 bits per heavy atom. The van der Waals surface area contributed by atoms with Crippen LogP contribution in [0.15, 0.2) is 12.3 Å². The van der Waals surface area contributed by atoms with Gasteiger partial charge >= 0.3 is 5.97 Å². The highest BCUT2D eigenvalue weighted by molar-refractivity contribution is 5.87. The Hall–Kier alpha value is -1.80. The van der Waals surface area contributed by atoms with Crippen molar-refractivity contribution in [1.29, 1.82) is 0 Å². The van der Waals surface area contributed by atoms with Crippen LogP contribution in [-0.2, 0) is 11.8 Å². The summed E-state index contributed by atoms with van der Waals surface area (Å²) in [5.41, 5.74) is 0.428. The highest BCUT2D eigenvalue weighted by Crippen LogP contribution is 2.02. The van der Waals surface area contributed by atoms with E-state index < -0.39 is 12.1 Å². The first-order chi connectivity index (χ1) is 9.08. The van der Waals surface area contributed by atoms with Crippen LogP contribution in [-0.4, -0.2) is 46.4 Å². The van der Waals surface area contributed by atoms with E-state index in [9.17, 15) is 4.79 Å². The average molecular weight is 263 g/mol. The van der Waals surface area contributed by atoms with Gasteiger partial charge in [-0.25, -0.2) is 4.79 Å². The van der Waals surface area contributed by atoms with Crippen LogP contribution in [0.5, 0.6) is 0 Å². The largest absolute Gasteiger partial charge is 0.445 e. The summed E-state index contributed by atoms with van der Waals surface area (Å²) in [6, 6.07) is 1.62. The first-order valence-electron chi connectivity index (χ1n) is 6.48. The van der Waals surface area contributed by atoms with Gasteiger partial charge < -0.3 is 4.74 Å². The Balaban J connectivity index is 2.48. The number of aryl methyl sites for hydroxylation is 1. The maximum absolute atomic E-state index is 11.8. The molecular weight excluding hydrogens is 242 g/mol. The van der Waals surface area contributed by atoms with Gasteiger partial charge in [-0.1, -0.05) is 25.7 Å². The van der Waals surface area contributed by atoms with Gasteiger partial charge in [0.1, 0.15) is 5.69 Å². The van der Waals surface area contributed by atoms with Crippen molar-refractivity contribution in [2.45, 2.75) is 26.9 Å². The lowest BCUT2D eigenvalue weighted by Crippen LogP contribution is -2.23. The molecule has 1 aromatic heterocycles. The second-order valence-electron chi connectivity index (χ2n) is 4.17. The Morgan fingerprint density at radius 3 is 2.74 bits per heavy atom. The summed E-state index contributed by atoms with van der Waals surface area (Å²) in [4.78, 5) is 14.0. The molecule has 1 rings (SSSR count). The molecule has 0 bridgehead atoms. The zero-order chi connectivity index (χ0) is 14.3. The minimum absolute atomic E-state index is 0.398. The summed E-state index contributed by atoms with van der Waals surface area (Å²) in [5.74, 6) is 5.56. The number of nitrogens with zero attached hydrogens (tertiary/aromatic N) is 3. The van der Waals surface area contributed by atoms with Crippen LogP contribution in [0.4, 0.5) is 0 Å². The summed E-state index contributed by atoms with van der Waals surface area (Å²) < 4.78 is 6.72. The predicted octanol–water partition coefficient (Wildman–Crippen LogP) is 1.31. The molecular formula is C14H21N3O2. The van der Waals surface area contributed by atoms with Gasteiger partial charge in [-0.2, -0.15) is 5.10 Å². The molecule has 5 heteroatoms. The summed E-state index contributed by atoms with van der Waals surface area (Å²) in [5, 5.41) is 3.93. The predicted molar refractivity (Wildman–Crippen MR) is 73.6 cm³/mol. The number of carbonyl (C=O) groups is 1. The molecule has 0 aliphatic rings. The zero-order valence-electron chi connectivity index (χ0n) is 12.0. The summed E-state index contributed by atoms with van der Waals surface area (Å²) in [6.45, 7) is 8.58. The number of carbonyl (C=O) groups excluding carboxylic acids is 1. The van der Waals surface area contributed by atoms with Crippen LogP contribution in [0.3, 0.4) is 0 Å². The molecule has 0 N–H and O–H groups in total. The van der Waals surface area contributed by atoms with Crippen molar-refractivity contribution in [2.75, 3.05) is 19.6 Å². The molecule has 5 nitrogen and oxygen atoms in total. The van der Waals surface area contributed by atoms with E-state index in [1.807, 2.05) is 0 Å². The molecule has 0 aliphatic heterocycles. The zero-order valence-corrected chi connectivity index (χ0v) is 12.0. The van der Waals surface area contributed by atoms with Crippen LogP contribution in [0.1, 0.15) is 31.3 Å². The van der Waals surface area contributed by atoms with Crippen LogP contribution < -0.4 is 0 Å². The fraction of sp³-hybridized carbons (Fsp3) is 0.571. The summed E-state index contributed by atoms with van der Waals surface area (Å²) in [6.07, 6.45) is 1.14. The standard InChI is InChI=1S/C14H21N3O2/c1-5-17(6-2)11-7-8-12(3)19-14(18)13-9-10-15-16(13)4/h9-10,12H,5-6,11H2,1-4H3/t12-/m0/s1. The Bertz CT molecular complexity index is 467. The molecule has 1 atom stereocenters. The molecule has 104 valence electrons. The van der Waals surface area contributed by atoms with E-state index in [-0.39, 0.29) is 0 Å². The minimum atomic E-state index is -0.419. The van der Waals surface area contributed by atoms with E-state index in [0.717, 1.165) is 13.1 Å². The Morgan fingerprint density at radius 1 is 1.53 bits per heavy atom. The van der Waals surface area contributed by atoms with Gasteiger partial charge in [-0.05, 0) is 26.1 Å². The number of ether oxygens (including phenoxy) is 1. The van der Waals surface area contributed by atoms with Crippen molar-refractivity contribution in [3.63, 3.8) is 0 Å². The normalized spacial score (nSPS) is 11.8. The smallest absolute Gasteiger partial charge is 0.357 e. The lowest BCUT2D eigenvalue weighted by Gasteiger charge is -2.13.